The molecular weight excluding hydrogens is 259 g/mol. The van der Waals surface area contributed by atoms with Crippen molar-refractivity contribution in [2.24, 2.45) is 0 Å². The fraction of sp³-hybridized carbons (Fsp3) is 0.0714. The van der Waals surface area contributed by atoms with Crippen LogP contribution in [0.1, 0.15) is 12.0 Å². The summed E-state index contributed by atoms with van der Waals surface area (Å²) in [5.41, 5.74) is 2.83. The summed E-state index contributed by atoms with van der Waals surface area (Å²) < 4.78 is 0. The largest absolute Gasteiger partial charge is 0.144 e. The van der Waals surface area contributed by atoms with Gasteiger partial charge < -0.3 is 0 Å². The fourth-order valence-corrected chi connectivity index (χ4v) is 2.08. The summed E-state index contributed by atoms with van der Waals surface area (Å²) in [5, 5.41) is 2.72. The SMILES string of the molecule is C1=CCC([c-]2ccc3ccccc32)=C1.[Zr]. The molecule has 3 rings (SSSR count). The first-order valence-electron chi connectivity index (χ1n) is 4.96. The van der Waals surface area contributed by atoms with E-state index >= 15 is 0 Å². The Labute approximate surface area is 109 Å². The maximum Gasteiger partial charge on any atom is 0 e. The van der Waals surface area contributed by atoms with Crippen LogP contribution in [0, 0.1) is 0 Å². The fourth-order valence-electron chi connectivity index (χ4n) is 2.08. The molecule has 0 aromatic heterocycles. The summed E-state index contributed by atoms with van der Waals surface area (Å²) in [6.07, 6.45) is 7.63. The molecule has 2 aromatic rings. The van der Waals surface area contributed by atoms with Crippen molar-refractivity contribution >= 4 is 16.3 Å². The third-order valence-corrected chi connectivity index (χ3v) is 2.80. The van der Waals surface area contributed by atoms with Crippen LogP contribution in [0.25, 0.3) is 16.3 Å². The molecule has 0 spiro atoms. The van der Waals surface area contributed by atoms with Gasteiger partial charge in [0, 0.05) is 26.2 Å². The molecule has 0 amide bonds. The van der Waals surface area contributed by atoms with Crippen molar-refractivity contribution in [3.05, 3.63) is 60.2 Å². The molecule has 0 fully saturated rings. The Kier molecular flexibility index (Phi) is 3.12. The molecule has 0 atom stereocenters. The molecule has 0 N–H and O–H groups in total. The van der Waals surface area contributed by atoms with E-state index in [0.717, 1.165) is 6.42 Å². The monoisotopic (exact) mass is 269 g/mol. The molecule has 2 aromatic carbocycles. The van der Waals surface area contributed by atoms with Crippen molar-refractivity contribution in [3.63, 3.8) is 0 Å². The first-order valence-corrected chi connectivity index (χ1v) is 4.96. The Morgan fingerprint density at radius 1 is 1.07 bits per heavy atom. The van der Waals surface area contributed by atoms with Crippen molar-refractivity contribution in [3.8, 4) is 0 Å². The average Bonchev–Trinajstić information content (AvgIpc) is 2.85. The summed E-state index contributed by atoms with van der Waals surface area (Å²) in [5.74, 6) is 0. The van der Waals surface area contributed by atoms with E-state index in [4.69, 9.17) is 0 Å². The minimum absolute atomic E-state index is 0. The van der Waals surface area contributed by atoms with Crippen LogP contribution >= 0.6 is 0 Å². The molecule has 0 bridgehead atoms. The zero-order valence-electron chi connectivity index (χ0n) is 8.40. The van der Waals surface area contributed by atoms with E-state index in [0.29, 0.717) is 0 Å². The average molecular weight is 270 g/mol. The van der Waals surface area contributed by atoms with E-state index in [1.807, 2.05) is 0 Å². The summed E-state index contributed by atoms with van der Waals surface area (Å²) in [6, 6.07) is 13.0. The predicted molar refractivity (Wildman–Crippen MR) is 61.3 cm³/mol. The second kappa shape index (κ2) is 4.37. The molecule has 0 saturated heterocycles. The van der Waals surface area contributed by atoms with Gasteiger partial charge in [-0.05, 0) is 6.42 Å². The van der Waals surface area contributed by atoms with Crippen LogP contribution in [0.15, 0.2) is 54.6 Å². The van der Waals surface area contributed by atoms with Crippen LogP contribution in [-0.2, 0) is 26.2 Å². The van der Waals surface area contributed by atoms with Gasteiger partial charge in [-0.1, -0.05) is 35.9 Å². The maximum atomic E-state index is 2.23. The molecule has 0 heterocycles. The maximum absolute atomic E-state index is 2.23. The quantitative estimate of drug-likeness (QED) is 0.690. The molecule has 1 aliphatic rings. The molecular formula is C14H11Zr-. The Morgan fingerprint density at radius 3 is 2.73 bits per heavy atom. The molecule has 0 nitrogen and oxygen atoms in total. The molecule has 72 valence electrons. The Hall–Kier alpha value is -0.807. The van der Waals surface area contributed by atoms with E-state index in [9.17, 15) is 0 Å². The van der Waals surface area contributed by atoms with Gasteiger partial charge in [0.25, 0.3) is 0 Å². The van der Waals surface area contributed by atoms with Crippen molar-refractivity contribution in [2.75, 3.05) is 0 Å². The predicted octanol–water partition coefficient (Wildman–Crippen LogP) is 3.90. The number of fused-ring (bicyclic) bond motifs is 1. The number of rotatable bonds is 1. The van der Waals surface area contributed by atoms with E-state index < -0.39 is 0 Å². The van der Waals surface area contributed by atoms with E-state index in [2.05, 4.69) is 54.6 Å². The Morgan fingerprint density at radius 2 is 1.93 bits per heavy atom. The molecule has 1 heteroatoms. The standard InChI is InChI=1S/C14H11.Zr/c1-2-6-11(5-1)14-10-9-12-7-3-4-8-13(12)14;/h1-5,7-10H,6H2;/q-1;. The third kappa shape index (κ3) is 1.81. The molecule has 1 aliphatic carbocycles. The molecule has 0 saturated carbocycles. The van der Waals surface area contributed by atoms with Gasteiger partial charge in [0.05, 0.1) is 0 Å². The summed E-state index contributed by atoms with van der Waals surface area (Å²) in [4.78, 5) is 0. The molecule has 0 aliphatic heterocycles. The van der Waals surface area contributed by atoms with Gasteiger partial charge in [0.1, 0.15) is 0 Å². The number of allylic oxidation sites excluding steroid dienone is 4. The van der Waals surface area contributed by atoms with Crippen LogP contribution in [0.3, 0.4) is 0 Å². The number of benzene rings is 1. The van der Waals surface area contributed by atoms with Gasteiger partial charge in [-0.25, -0.2) is 0 Å². The second-order valence-corrected chi connectivity index (χ2v) is 3.66. The Balaban J connectivity index is 0.000000853. The third-order valence-electron chi connectivity index (χ3n) is 2.80. The van der Waals surface area contributed by atoms with E-state index in [-0.39, 0.29) is 26.2 Å². The van der Waals surface area contributed by atoms with Crippen molar-refractivity contribution in [1.82, 2.24) is 0 Å². The van der Waals surface area contributed by atoms with E-state index in [1.165, 1.54) is 21.9 Å². The number of hydrogen-bond donors (Lipinski definition) is 0. The smallest absolute Gasteiger partial charge is 0 e. The van der Waals surface area contributed by atoms with Gasteiger partial charge in [-0.2, -0.15) is 0 Å². The van der Waals surface area contributed by atoms with E-state index in [1.54, 1.807) is 0 Å². The van der Waals surface area contributed by atoms with Crippen LogP contribution in [0.4, 0.5) is 0 Å². The van der Waals surface area contributed by atoms with Gasteiger partial charge in [-0.3, -0.25) is 0 Å². The normalized spacial score (nSPS) is 14.0. The van der Waals surface area contributed by atoms with Crippen molar-refractivity contribution in [1.29, 1.82) is 0 Å². The summed E-state index contributed by atoms with van der Waals surface area (Å²) >= 11 is 0. The Bertz CT molecular complexity index is 529. The first kappa shape index (κ1) is 10.7. The summed E-state index contributed by atoms with van der Waals surface area (Å²) in [7, 11) is 0. The van der Waals surface area contributed by atoms with Crippen LogP contribution in [0.2, 0.25) is 0 Å². The molecule has 0 radical (unpaired) electrons. The van der Waals surface area contributed by atoms with Crippen LogP contribution < -0.4 is 0 Å². The van der Waals surface area contributed by atoms with Crippen molar-refractivity contribution in [2.45, 2.75) is 6.42 Å². The van der Waals surface area contributed by atoms with Gasteiger partial charge in [0.15, 0.2) is 0 Å². The van der Waals surface area contributed by atoms with Gasteiger partial charge in [0.2, 0.25) is 0 Å². The topological polar surface area (TPSA) is 0 Å². The number of hydrogen-bond acceptors (Lipinski definition) is 0. The van der Waals surface area contributed by atoms with Crippen LogP contribution in [0.5, 0.6) is 0 Å². The molecule has 15 heavy (non-hydrogen) atoms. The van der Waals surface area contributed by atoms with Crippen LogP contribution in [-0.4, -0.2) is 0 Å². The minimum Gasteiger partial charge on any atom is -0.144 e. The summed E-state index contributed by atoms with van der Waals surface area (Å²) in [6.45, 7) is 0. The zero-order chi connectivity index (χ0) is 9.38. The molecule has 0 unspecified atom stereocenters. The second-order valence-electron chi connectivity index (χ2n) is 3.66. The van der Waals surface area contributed by atoms with Gasteiger partial charge in [-0.15, -0.1) is 40.6 Å². The zero-order valence-corrected chi connectivity index (χ0v) is 10.9. The van der Waals surface area contributed by atoms with Crippen molar-refractivity contribution < 1.29 is 26.2 Å². The van der Waals surface area contributed by atoms with Gasteiger partial charge >= 0.3 is 0 Å². The minimum atomic E-state index is 0. The first-order chi connectivity index (χ1) is 6.95.